The van der Waals surface area contributed by atoms with Crippen LogP contribution in [0.4, 0.5) is 5.69 Å². The summed E-state index contributed by atoms with van der Waals surface area (Å²) in [5, 5.41) is 5.97. The standard InChI is InChI=1S/C25H21N3O6/c1-32-16-7-4-14(5-8-16)23(29)22-21-20(17-3-2-10-26-28(17)22)24(30)27(25(21)31)15-6-9-18-19(13-15)34-12-11-33-18/h2-10,13,17,20-22H,11-12H2,1H3. The number of carbonyl (C=O) groups excluding carboxylic acids is 3. The van der Waals surface area contributed by atoms with Gasteiger partial charge >= 0.3 is 0 Å². The number of anilines is 1. The van der Waals surface area contributed by atoms with Crippen LogP contribution < -0.4 is 19.1 Å². The highest BCUT2D eigenvalue weighted by Crippen LogP contribution is 2.47. The molecule has 2 aromatic carbocycles. The molecule has 0 aliphatic carbocycles. The lowest BCUT2D eigenvalue weighted by Crippen LogP contribution is -2.46. The molecule has 172 valence electrons. The third kappa shape index (κ3) is 2.93. The Morgan fingerprint density at radius 1 is 1.00 bits per heavy atom. The number of ether oxygens (including phenoxy) is 3. The van der Waals surface area contributed by atoms with E-state index in [1.165, 1.54) is 4.90 Å². The average Bonchev–Trinajstić information content (AvgIpc) is 3.35. The number of carbonyl (C=O) groups is 3. The van der Waals surface area contributed by atoms with Gasteiger partial charge in [-0.1, -0.05) is 6.08 Å². The lowest BCUT2D eigenvalue weighted by molar-refractivity contribution is -0.123. The molecule has 4 atom stereocenters. The summed E-state index contributed by atoms with van der Waals surface area (Å²) in [5.41, 5.74) is 0.826. The number of methoxy groups -OCH3 is 1. The van der Waals surface area contributed by atoms with Crippen LogP contribution in [0.5, 0.6) is 17.2 Å². The summed E-state index contributed by atoms with van der Waals surface area (Å²) in [6.07, 6.45) is 5.13. The lowest BCUT2D eigenvalue weighted by Gasteiger charge is -2.30. The van der Waals surface area contributed by atoms with Crippen molar-refractivity contribution in [2.45, 2.75) is 12.1 Å². The van der Waals surface area contributed by atoms with Crippen LogP contribution in [0.3, 0.4) is 0 Å². The molecule has 34 heavy (non-hydrogen) atoms. The Bertz CT molecular complexity index is 1250. The van der Waals surface area contributed by atoms with E-state index in [2.05, 4.69) is 5.10 Å². The van der Waals surface area contributed by atoms with Crippen LogP contribution in [0.1, 0.15) is 10.4 Å². The van der Waals surface area contributed by atoms with E-state index in [4.69, 9.17) is 14.2 Å². The maximum Gasteiger partial charge on any atom is 0.240 e. The monoisotopic (exact) mass is 459 g/mol. The molecule has 9 heteroatoms. The van der Waals surface area contributed by atoms with Crippen molar-refractivity contribution in [3.05, 3.63) is 60.2 Å². The summed E-state index contributed by atoms with van der Waals surface area (Å²) in [6.45, 7) is 0.833. The lowest BCUT2D eigenvalue weighted by atomic mass is 9.86. The summed E-state index contributed by atoms with van der Waals surface area (Å²) in [5.74, 6) is -0.951. The predicted octanol–water partition coefficient (Wildman–Crippen LogP) is 2.06. The molecule has 0 spiro atoms. The number of hydrogen-bond acceptors (Lipinski definition) is 8. The number of hydrazone groups is 1. The molecule has 0 radical (unpaired) electrons. The van der Waals surface area contributed by atoms with Gasteiger partial charge in [0.15, 0.2) is 17.3 Å². The van der Waals surface area contributed by atoms with E-state index in [0.29, 0.717) is 41.7 Å². The van der Waals surface area contributed by atoms with Crippen LogP contribution in [0, 0.1) is 11.8 Å². The van der Waals surface area contributed by atoms with Gasteiger partial charge in [-0.05, 0) is 42.5 Å². The van der Waals surface area contributed by atoms with Crippen LogP contribution >= 0.6 is 0 Å². The maximum atomic E-state index is 13.7. The molecule has 2 saturated heterocycles. The maximum absolute atomic E-state index is 13.7. The Hall–Kier alpha value is -4.14. The number of hydrogen-bond donors (Lipinski definition) is 0. The number of Topliss-reactive ketones (excluding diaryl/α,β-unsaturated/α-hetero) is 1. The molecule has 4 heterocycles. The minimum atomic E-state index is -0.900. The number of ketones is 1. The average molecular weight is 459 g/mol. The first-order chi connectivity index (χ1) is 16.6. The molecule has 4 aliphatic rings. The van der Waals surface area contributed by atoms with E-state index >= 15 is 0 Å². The molecule has 6 rings (SSSR count). The summed E-state index contributed by atoms with van der Waals surface area (Å²) in [6, 6.07) is 10.3. The van der Waals surface area contributed by atoms with Crippen LogP contribution in [0.25, 0.3) is 0 Å². The van der Waals surface area contributed by atoms with Crippen LogP contribution in [-0.2, 0) is 9.59 Å². The second kappa shape index (κ2) is 7.72. The molecule has 2 aromatic rings. The highest BCUT2D eigenvalue weighted by molar-refractivity contribution is 6.24. The first-order valence-corrected chi connectivity index (χ1v) is 11.0. The van der Waals surface area contributed by atoms with Gasteiger partial charge in [-0.15, -0.1) is 0 Å². The normalized spacial score (nSPS) is 26.5. The molecule has 4 aliphatic heterocycles. The van der Waals surface area contributed by atoms with Crippen molar-refractivity contribution in [2.24, 2.45) is 16.9 Å². The second-order valence-electron chi connectivity index (χ2n) is 8.45. The Labute approximate surface area is 195 Å². The van der Waals surface area contributed by atoms with Gasteiger partial charge in [-0.3, -0.25) is 19.4 Å². The number of nitrogens with zero attached hydrogens (tertiary/aromatic N) is 3. The Kier molecular flexibility index (Phi) is 4.65. The van der Waals surface area contributed by atoms with Gasteiger partial charge in [0.25, 0.3) is 0 Å². The molecule has 2 fully saturated rings. The third-order valence-corrected chi connectivity index (χ3v) is 6.72. The van der Waals surface area contributed by atoms with Crippen molar-refractivity contribution < 1.29 is 28.6 Å². The highest BCUT2D eigenvalue weighted by Gasteiger charge is 2.64. The minimum Gasteiger partial charge on any atom is -0.497 e. The zero-order valence-corrected chi connectivity index (χ0v) is 18.3. The topological polar surface area (TPSA) is 97.7 Å². The SMILES string of the molecule is COc1ccc(C(=O)C2C3C(=O)N(c4ccc5c(c4)OCCO5)C(=O)C3C3C=CC=NN32)cc1. The van der Waals surface area contributed by atoms with Gasteiger partial charge in [0, 0.05) is 17.8 Å². The molecule has 0 N–H and O–H groups in total. The van der Waals surface area contributed by atoms with E-state index in [1.54, 1.807) is 66.9 Å². The molecular formula is C25H21N3O6. The van der Waals surface area contributed by atoms with Crippen LogP contribution in [0.15, 0.2) is 59.7 Å². The van der Waals surface area contributed by atoms with E-state index in [-0.39, 0.29) is 11.7 Å². The van der Waals surface area contributed by atoms with Crippen molar-refractivity contribution in [1.82, 2.24) is 5.01 Å². The Morgan fingerprint density at radius 3 is 2.50 bits per heavy atom. The van der Waals surface area contributed by atoms with E-state index in [0.717, 1.165) is 0 Å². The smallest absolute Gasteiger partial charge is 0.240 e. The van der Waals surface area contributed by atoms with Gasteiger partial charge < -0.3 is 14.2 Å². The van der Waals surface area contributed by atoms with E-state index in [9.17, 15) is 14.4 Å². The summed E-state index contributed by atoms with van der Waals surface area (Å²) >= 11 is 0. The van der Waals surface area contributed by atoms with Gasteiger partial charge in [0.2, 0.25) is 11.8 Å². The van der Waals surface area contributed by atoms with Crippen molar-refractivity contribution in [3.63, 3.8) is 0 Å². The fourth-order valence-electron chi connectivity index (χ4n) is 5.19. The molecular weight excluding hydrogens is 438 g/mol. The van der Waals surface area contributed by atoms with Crippen molar-refractivity contribution in [3.8, 4) is 17.2 Å². The number of fused-ring (bicyclic) bond motifs is 4. The number of benzene rings is 2. The number of rotatable bonds is 4. The van der Waals surface area contributed by atoms with E-state index < -0.39 is 29.8 Å². The molecule has 4 unspecified atom stereocenters. The summed E-state index contributed by atoms with van der Waals surface area (Å²) in [4.78, 5) is 42.1. The molecule has 0 aromatic heterocycles. The Morgan fingerprint density at radius 2 is 1.74 bits per heavy atom. The fraction of sp³-hybridized carbons (Fsp3) is 0.280. The van der Waals surface area contributed by atoms with Crippen LogP contribution in [0.2, 0.25) is 0 Å². The van der Waals surface area contributed by atoms with Crippen molar-refractivity contribution >= 4 is 29.5 Å². The quantitative estimate of drug-likeness (QED) is 0.510. The zero-order valence-electron chi connectivity index (χ0n) is 18.3. The second-order valence-corrected chi connectivity index (χ2v) is 8.45. The number of allylic oxidation sites excluding steroid dienone is 1. The number of amides is 2. The van der Waals surface area contributed by atoms with Gasteiger partial charge in [0.1, 0.15) is 25.0 Å². The largest absolute Gasteiger partial charge is 0.497 e. The van der Waals surface area contributed by atoms with Crippen molar-refractivity contribution in [1.29, 1.82) is 0 Å². The fourth-order valence-corrected chi connectivity index (χ4v) is 5.19. The molecule has 2 amide bonds. The third-order valence-electron chi connectivity index (χ3n) is 6.72. The first kappa shape index (κ1) is 20.5. The Balaban J connectivity index is 1.38. The minimum absolute atomic E-state index is 0.266. The molecule has 0 bridgehead atoms. The van der Waals surface area contributed by atoms with Gasteiger partial charge in [-0.25, -0.2) is 4.90 Å². The first-order valence-electron chi connectivity index (χ1n) is 11.0. The van der Waals surface area contributed by atoms with Crippen molar-refractivity contribution in [2.75, 3.05) is 25.2 Å². The summed E-state index contributed by atoms with van der Waals surface area (Å²) in [7, 11) is 1.55. The van der Waals surface area contributed by atoms with Crippen LogP contribution in [-0.4, -0.2) is 61.2 Å². The van der Waals surface area contributed by atoms with Gasteiger partial charge in [-0.2, -0.15) is 5.10 Å². The number of imide groups is 1. The van der Waals surface area contributed by atoms with Gasteiger partial charge in [0.05, 0.1) is 30.7 Å². The summed E-state index contributed by atoms with van der Waals surface area (Å²) < 4.78 is 16.4. The predicted molar refractivity (Wildman–Crippen MR) is 121 cm³/mol. The zero-order chi connectivity index (χ0) is 23.4. The highest BCUT2D eigenvalue weighted by atomic mass is 16.6. The molecule has 9 nitrogen and oxygen atoms in total. The molecule has 0 saturated carbocycles. The van der Waals surface area contributed by atoms with E-state index in [1.807, 2.05) is 6.08 Å².